The van der Waals surface area contributed by atoms with Crippen LogP contribution in [0, 0.1) is 0 Å². The number of hydrogen-bond acceptors (Lipinski definition) is 3. The van der Waals surface area contributed by atoms with Crippen molar-refractivity contribution >= 4 is 0 Å². The Balaban J connectivity index is 1.77. The fourth-order valence-corrected chi connectivity index (χ4v) is 3.78. The van der Waals surface area contributed by atoms with E-state index in [2.05, 4.69) is 36.1 Å². The summed E-state index contributed by atoms with van der Waals surface area (Å²) in [6, 6.07) is 8.79. The van der Waals surface area contributed by atoms with E-state index < -0.39 is 0 Å². The molecule has 0 aromatic heterocycles. The molecule has 1 fully saturated rings. The van der Waals surface area contributed by atoms with Gasteiger partial charge in [0.2, 0.25) is 0 Å². The molecule has 0 aliphatic carbocycles. The maximum absolute atomic E-state index is 6.21. The summed E-state index contributed by atoms with van der Waals surface area (Å²) in [6.07, 6.45) is 4.89. The van der Waals surface area contributed by atoms with Crippen LogP contribution in [0.5, 0.6) is 0 Å². The van der Waals surface area contributed by atoms with Gasteiger partial charge in [0, 0.05) is 31.8 Å². The van der Waals surface area contributed by atoms with Gasteiger partial charge in [-0.25, -0.2) is 0 Å². The second-order valence-electron chi connectivity index (χ2n) is 6.29. The predicted molar refractivity (Wildman–Crippen MR) is 81.4 cm³/mol. The average Bonchev–Trinajstić information content (AvgIpc) is 2.92. The van der Waals surface area contributed by atoms with Crippen LogP contribution in [-0.2, 0) is 17.8 Å². The molecule has 0 amide bonds. The predicted octanol–water partition coefficient (Wildman–Crippen LogP) is 2.68. The van der Waals surface area contributed by atoms with Crippen molar-refractivity contribution in [3.05, 3.63) is 35.4 Å². The Bertz CT molecular complexity index is 435. The molecule has 3 nitrogen and oxygen atoms in total. The summed E-state index contributed by atoms with van der Waals surface area (Å²) >= 11 is 0. The van der Waals surface area contributed by atoms with Gasteiger partial charge in [-0.2, -0.15) is 0 Å². The lowest BCUT2D eigenvalue weighted by molar-refractivity contribution is -0.0759. The molecule has 0 bridgehead atoms. The van der Waals surface area contributed by atoms with Gasteiger partial charge in [-0.15, -0.1) is 0 Å². The summed E-state index contributed by atoms with van der Waals surface area (Å²) in [5.41, 5.74) is 9.29. The van der Waals surface area contributed by atoms with E-state index in [9.17, 15) is 0 Å². The molecule has 2 unspecified atom stereocenters. The fraction of sp³-hybridized carbons (Fsp3) is 0.647. The van der Waals surface area contributed by atoms with Crippen LogP contribution in [0.1, 0.15) is 43.7 Å². The third kappa shape index (κ3) is 2.50. The van der Waals surface area contributed by atoms with Crippen molar-refractivity contribution < 1.29 is 4.74 Å². The maximum Gasteiger partial charge on any atom is 0.0593 e. The first kappa shape index (κ1) is 14.1. The van der Waals surface area contributed by atoms with E-state index in [0.29, 0.717) is 6.10 Å². The van der Waals surface area contributed by atoms with Crippen LogP contribution in [0.3, 0.4) is 0 Å². The molecular weight excluding hydrogens is 248 g/mol. The van der Waals surface area contributed by atoms with Gasteiger partial charge in [0.15, 0.2) is 0 Å². The normalized spacial score (nSPS) is 30.4. The van der Waals surface area contributed by atoms with Crippen LogP contribution in [0.2, 0.25) is 0 Å². The van der Waals surface area contributed by atoms with Crippen molar-refractivity contribution in [1.82, 2.24) is 4.90 Å². The molecule has 2 aliphatic rings. The SMILES string of the molecule is CCCC1CC(CN)(N2Cc3ccccc3C2)CCO1. The highest BCUT2D eigenvalue weighted by Crippen LogP contribution is 2.37. The minimum Gasteiger partial charge on any atom is -0.378 e. The van der Waals surface area contributed by atoms with E-state index in [1.54, 1.807) is 0 Å². The molecular formula is C17H26N2O. The third-order valence-electron chi connectivity index (χ3n) is 5.03. The van der Waals surface area contributed by atoms with Gasteiger partial charge in [-0.05, 0) is 30.4 Å². The summed E-state index contributed by atoms with van der Waals surface area (Å²) in [7, 11) is 0. The summed E-state index contributed by atoms with van der Waals surface area (Å²) in [4.78, 5) is 2.60. The summed E-state index contributed by atoms with van der Waals surface area (Å²) in [5, 5.41) is 0. The Morgan fingerprint density at radius 1 is 1.30 bits per heavy atom. The van der Waals surface area contributed by atoms with Crippen molar-refractivity contribution in [1.29, 1.82) is 0 Å². The molecule has 0 radical (unpaired) electrons. The van der Waals surface area contributed by atoms with Crippen molar-refractivity contribution in [2.45, 2.75) is 57.3 Å². The molecule has 2 aliphatic heterocycles. The van der Waals surface area contributed by atoms with Crippen molar-refractivity contribution in [3.63, 3.8) is 0 Å². The summed E-state index contributed by atoms with van der Waals surface area (Å²) in [6.45, 7) is 5.92. The van der Waals surface area contributed by atoms with Gasteiger partial charge in [-0.3, -0.25) is 4.90 Å². The van der Waals surface area contributed by atoms with Crippen LogP contribution >= 0.6 is 0 Å². The largest absolute Gasteiger partial charge is 0.378 e. The minimum atomic E-state index is 0.136. The summed E-state index contributed by atoms with van der Waals surface area (Å²) in [5.74, 6) is 0. The Hall–Kier alpha value is -0.900. The monoisotopic (exact) mass is 274 g/mol. The van der Waals surface area contributed by atoms with Crippen LogP contribution in [0.25, 0.3) is 0 Å². The quantitative estimate of drug-likeness (QED) is 0.917. The number of ether oxygens (including phenoxy) is 1. The number of hydrogen-bond donors (Lipinski definition) is 1. The number of fused-ring (bicyclic) bond motifs is 1. The average molecular weight is 274 g/mol. The molecule has 2 atom stereocenters. The highest BCUT2D eigenvalue weighted by Gasteiger charge is 2.42. The molecule has 3 rings (SSSR count). The first-order chi connectivity index (χ1) is 9.77. The molecule has 1 saturated heterocycles. The van der Waals surface area contributed by atoms with Crippen molar-refractivity contribution in [2.75, 3.05) is 13.2 Å². The minimum absolute atomic E-state index is 0.136. The lowest BCUT2D eigenvalue weighted by Gasteiger charge is -2.46. The lowest BCUT2D eigenvalue weighted by atomic mass is 9.83. The van der Waals surface area contributed by atoms with Crippen LogP contribution < -0.4 is 5.73 Å². The fourth-order valence-electron chi connectivity index (χ4n) is 3.78. The van der Waals surface area contributed by atoms with Gasteiger partial charge in [0.1, 0.15) is 0 Å². The molecule has 110 valence electrons. The Morgan fingerprint density at radius 2 is 2.00 bits per heavy atom. The van der Waals surface area contributed by atoms with Gasteiger partial charge >= 0.3 is 0 Å². The number of benzene rings is 1. The standard InChI is InChI=1S/C17H26N2O/c1-2-5-16-10-17(13-18,8-9-20-16)19-11-14-6-3-4-7-15(14)12-19/h3-4,6-7,16H,2,5,8-13,18H2,1H3. The van der Waals surface area contributed by atoms with Crippen LogP contribution in [0.15, 0.2) is 24.3 Å². The number of rotatable bonds is 4. The van der Waals surface area contributed by atoms with Gasteiger partial charge in [-0.1, -0.05) is 37.6 Å². The van der Waals surface area contributed by atoms with Crippen LogP contribution in [-0.4, -0.2) is 29.7 Å². The molecule has 1 aromatic rings. The van der Waals surface area contributed by atoms with E-state index in [0.717, 1.165) is 45.5 Å². The lowest BCUT2D eigenvalue weighted by Crippen LogP contribution is -2.56. The zero-order chi connectivity index (χ0) is 14.0. The molecule has 0 saturated carbocycles. The molecule has 3 heteroatoms. The third-order valence-corrected chi connectivity index (χ3v) is 5.03. The first-order valence-corrected chi connectivity index (χ1v) is 7.91. The summed E-state index contributed by atoms with van der Waals surface area (Å²) < 4.78 is 5.93. The van der Waals surface area contributed by atoms with E-state index in [1.165, 1.54) is 17.5 Å². The van der Waals surface area contributed by atoms with Crippen molar-refractivity contribution in [2.24, 2.45) is 5.73 Å². The van der Waals surface area contributed by atoms with Crippen LogP contribution in [0.4, 0.5) is 0 Å². The second-order valence-corrected chi connectivity index (χ2v) is 6.29. The highest BCUT2D eigenvalue weighted by molar-refractivity contribution is 5.31. The van der Waals surface area contributed by atoms with Crippen molar-refractivity contribution in [3.8, 4) is 0 Å². The number of nitrogens with zero attached hydrogens (tertiary/aromatic N) is 1. The van der Waals surface area contributed by atoms with E-state index in [-0.39, 0.29) is 5.54 Å². The van der Waals surface area contributed by atoms with Gasteiger partial charge in [0.05, 0.1) is 6.10 Å². The molecule has 20 heavy (non-hydrogen) atoms. The molecule has 2 heterocycles. The maximum atomic E-state index is 6.21. The number of nitrogens with two attached hydrogens (primary N) is 1. The Morgan fingerprint density at radius 3 is 2.60 bits per heavy atom. The molecule has 1 aromatic carbocycles. The molecule has 0 spiro atoms. The van der Waals surface area contributed by atoms with E-state index >= 15 is 0 Å². The Kier molecular flexibility index (Phi) is 4.11. The zero-order valence-electron chi connectivity index (χ0n) is 12.5. The zero-order valence-corrected chi connectivity index (χ0v) is 12.5. The molecule has 2 N–H and O–H groups in total. The topological polar surface area (TPSA) is 38.5 Å². The smallest absolute Gasteiger partial charge is 0.0593 e. The highest BCUT2D eigenvalue weighted by atomic mass is 16.5. The second kappa shape index (κ2) is 5.84. The first-order valence-electron chi connectivity index (χ1n) is 7.91. The Labute approximate surface area is 122 Å². The van der Waals surface area contributed by atoms with Gasteiger partial charge < -0.3 is 10.5 Å². The van der Waals surface area contributed by atoms with E-state index in [4.69, 9.17) is 10.5 Å². The van der Waals surface area contributed by atoms with Gasteiger partial charge in [0.25, 0.3) is 0 Å². The van der Waals surface area contributed by atoms with E-state index in [1.807, 2.05) is 0 Å².